The fraction of sp³-hybridized carbons (Fsp3) is 0.118. The van der Waals surface area contributed by atoms with Gasteiger partial charge in [-0.1, -0.05) is 42.1 Å². The second kappa shape index (κ2) is 7.71. The highest BCUT2D eigenvalue weighted by Crippen LogP contribution is 2.20. The van der Waals surface area contributed by atoms with Crippen molar-refractivity contribution in [2.45, 2.75) is 11.6 Å². The van der Waals surface area contributed by atoms with E-state index in [0.29, 0.717) is 23.1 Å². The molecule has 0 bridgehead atoms. The van der Waals surface area contributed by atoms with Crippen LogP contribution in [-0.2, 0) is 6.42 Å². The van der Waals surface area contributed by atoms with Gasteiger partial charge in [0.25, 0.3) is 10.9 Å². The van der Waals surface area contributed by atoms with Crippen molar-refractivity contribution in [1.29, 1.82) is 0 Å². The minimum absolute atomic E-state index is 0.0494. The van der Waals surface area contributed by atoms with Gasteiger partial charge in [-0.2, -0.15) is 0 Å². The molecule has 3 rings (SSSR count). The van der Waals surface area contributed by atoms with Crippen molar-refractivity contribution >= 4 is 23.2 Å². The van der Waals surface area contributed by atoms with E-state index in [1.807, 2.05) is 30.3 Å². The molecule has 7 nitrogen and oxygen atoms in total. The Bertz CT molecular complexity index is 878. The van der Waals surface area contributed by atoms with E-state index in [1.165, 1.54) is 24.3 Å². The highest BCUT2D eigenvalue weighted by atomic mass is 32.2. The standard InChI is InChI=1S/C17H13N3O4S/c21-15(13-6-8-14(9-7-13)20(22)23)11-25-17-19-18-16(24-17)10-12-4-2-1-3-5-12/h1-9H,10-11H2. The van der Waals surface area contributed by atoms with Crippen molar-refractivity contribution in [3.63, 3.8) is 0 Å². The first kappa shape index (κ1) is 16.8. The molecule has 0 radical (unpaired) electrons. The molecule has 0 amide bonds. The third kappa shape index (κ3) is 4.51. The topological polar surface area (TPSA) is 99.1 Å². The molecule has 2 aromatic carbocycles. The van der Waals surface area contributed by atoms with Gasteiger partial charge in [-0.15, -0.1) is 10.2 Å². The van der Waals surface area contributed by atoms with Gasteiger partial charge in [0, 0.05) is 17.7 Å². The predicted molar refractivity (Wildman–Crippen MR) is 91.7 cm³/mol. The minimum Gasteiger partial charge on any atom is -0.416 e. The van der Waals surface area contributed by atoms with Crippen LogP contribution in [0.4, 0.5) is 5.69 Å². The number of rotatable bonds is 7. The Hall–Kier alpha value is -3.00. The number of benzene rings is 2. The SMILES string of the molecule is O=C(CSc1nnc(Cc2ccccc2)o1)c1ccc([N+](=O)[O-])cc1. The summed E-state index contributed by atoms with van der Waals surface area (Å²) in [4.78, 5) is 22.2. The molecule has 0 fully saturated rings. The first-order valence-corrected chi connectivity index (χ1v) is 8.37. The van der Waals surface area contributed by atoms with Crippen LogP contribution in [0.2, 0.25) is 0 Å². The number of nitro benzene ring substituents is 1. The fourth-order valence-corrected chi connectivity index (χ4v) is 2.79. The van der Waals surface area contributed by atoms with Gasteiger partial charge in [0.05, 0.1) is 17.1 Å². The summed E-state index contributed by atoms with van der Waals surface area (Å²) in [5, 5.41) is 18.8. The lowest BCUT2D eigenvalue weighted by molar-refractivity contribution is -0.384. The van der Waals surface area contributed by atoms with Gasteiger partial charge in [-0.05, 0) is 17.7 Å². The van der Waals surface area contributed by atoms with Crippen LogP contribution in [0.15, 0.2) is 64.2 Å². The Balaban J connectivity index is 1.56. The molecular formula is C17H13N3O4S. The van der Waals surface area contributed by atoms with Crippen LogP contribution in [0, 0.1) is 10.1 Å². The predicted octanol–water partition coefficient (Wildman–Crippen LogP) is 3.54. The second-order valence-corrected chi connectivity index (χ2v) is 6.07. The minimum atomic E-state index is -0.504. The van der Waals surface area contributed by atoms with E-state index in [1.54, 1.807) is 0 Å². The number of thioether (sulfide) groups is 1. The lowest BCUT2D eigenvalue weighted by Crippen LogP contribution is -2.02. The van der Waals surface area contributed by atoms with Crippen LogP contribution >= 0.6 is 11.8 Å². The van der Waals surface area contributed by atoms with E-state index < -0.39 is 4.92 Å². The zero-order chi connectivity index (χ0) is 17.6. The molecule has 0 aliphatic carbocycles. The first-order chi connectivity index (χ1) is 12.1. The summed E-state index contributed by atoms with van der Waals surface area (Å²) in [6.07, 6.45) is 0.532. The smallest absolute Gasteiger partial charge is 0.277 e. The van der Waals surface area contributed by atoms with E-state index >= 15 is 0 Å². The highest BCUT2D eigenvalue weighted by molar-refractivity contribution is 7.99. The maximum atomic E-state index is 12.1. The number of hydrogen-bond acceptors (Lipinski definition) is 7. The van der Waals surface area contributed by atoms with E-state index in [4.69, 9.17) is 4.42 Å². The van der Waals surface area contributed by atoms with E-state index in [-0.39, 0.29) is 17.2 Å². The number of ketones is 1. The summed E-state index contributed by atoms with van der Waals surface area (Å²) < 4.78 is 5.52. The molecule has 1 heterocycles. The summed E-state index contributed by atoms with van der Waals surface area (Å²) in [5.41, 5.74) is 1.42. The van der Waals surface area contributed by atoms with Crippen molar-refractivity contribution in [1.82, 2.24) is 10.2 Å². The molecule has 0 saturated carbocycles. The normalized spacial score (nSPS) is 10.6. The Morgan fingerprint density at radius 2 is 1.80 bits per heavy atom. The van der Waals surface area contributed by atoms with Gasteiger partial charge >= 0.3 is 0 Å². The van der Waals surface area contributed by atoms with Crippen LogP contribution in [-0.4, -0.2) is 26.7 Å². The van der Waals surface area contributed by atoms with Gasteiger partial charge in [0.15, 0.2) is 5.78 Å². The molecule has 8 heteroatoms. The molecule has 0 aliphatic heterocycles. The van der Waals surface area contributed by atoms with Gasteiger partial charge in [-0.3, -0.25) is 14.9 Å². The van der Waals surface area contributed by atoms with Crippen LogP contribution in [0.5, 0.6) is 0 Å². The van der Waals surface area contributed by atoms with Crippen LogP contribution < -0.4 is 0 Å². The zero-order valence-electron chi connectivity index (χ0n) is 13.0. The van der Waals surface area contributed by atoms with Crippen molar-refractivity contribution in [2.24, 2.45) is 0 Å². The Kier molecular flexibility index (Phi) is 5.20. The molecule has 0 unspecified atom stereocenters. The number of carbonyl (C=O) groups is 1. The Labute approximate surface area is 147 Å². The average Bonchev–Trinajstić information content (AvgIpc) is 3.08. The summed E-state index contributed by atoms with van der Waals surface area (Å²) in [6, 6.07) is 15.2. The Morgan fingerprint density at radius 3 is 2.48 bits per heavy atom. The molecule has 126 valence electrons. The average molecular weight is 355 g/mol. The Morgan fingerprint density at radius 1 is 1.08 bits per heavy atom. The molecule has 3 aromatic rings. The number of carbonyl (C=O) groups excluding carboxylic acids is 1. The molecule has 0 aliphatic rings. The largest absolute Gasteiger partial charge is 0.416 e. The fourth-order valence-electron chi connectivity index (χ4n) is 2.12. The maximum Gasteiger partial charge on any atom is 0.277 e. The van der Waals surface area contributed by atoms with Gasteiger partial charge in [0.2, 0.25) is 5.89 Å². The lowest BCUT2D eigenvalue weighted by atomic mass is 10.1. The van der Waals surface area contributed by atoms with Crippen LogP contribution in [0.25, 0.3) is 0 Å². The molecule has 0 spiro atoms. The lowest BCUT2D eigenvalue weighted by Gasteiger charge is -1.99. The molecule has 0 N–H and O–H groups in total. The van der Waals surface area contributed by atoms with Crippen molar-refractivity contribution in [3.05, 3.63) is 81.7 Å². The molecular weight excluding hydrogens is 342 g/mol. The monoisotopic (exact) mass is 355 g/mol. The zero-order valence-corrected chi connectivity index (χ0v) is 13.8. The van der Waals surface area contributed by atoms with E-state index in [0.717, 1.165) is 17.3 Å². The van der Waals surface area contributed by atoms with Crippen LogP contribution in [0.3, 0.4) is 0 Å². The van der Waals surface area contributed by atoms with E-state index in [9.17, 15) is 14.9 Å². The number of Topliss-reactive ketones (excluding diaryl/α,β-unsaturated/α-hetero) is 1. The number of aromatic nitrogens is 2. The van der Waals surface area contributed by atoms with E-state index in [2.05, 4.69) is 10.2 Å². The summed E-state index contributed by atoms with van der Waals surface area (Å²) in [5.74, 6) is 0.435. The number of non-ortho nitro benzene ring substituents is 1. The molecule has 1 aromatic heterocycles. The van der Waals surface area contributed by atoms with Gasteiger partial charge in [-0.25, -0.2) is 0 Å². The summed E-state index contributed by atoms with van der Waals surface area (Å²) in [7, 11) is 0. The molecule has 0 atom stereocenters. The summed E-state index contributed by atoms with van der Waals surface area (Å²) in [6.45, 7) is 0. The number of nitrogens with zero attached hydrogens (tertiary/aromatic N) is 3. The highest BCUT2D eigenvalue weighted by Gasteiger charge is 2.13. The van der Waals surface area contributed by atoms with Crippen molar-refractivity contribution in [3.8, 4) is 0 Å². The molecule has 25 heavy (non-hydrogen) atoms. The number of hydrogen-bond donors (Lipinski definition) is 0. The molecule has 0 saturated heterocycles. The summed E-state index contributed by atoms with van der Waals surface area (Å²) >= 11 is 1.14. The van der Waals surface area contributed by atoms with Gasteiger partial charge < -0.3 is 4.42 Å². The van der Waals surface area contributed by atoms with Crippen LogP contribution in [0.1, 0.15) is 21.8 Å². The van der Waals surface area contributed by atoms with Crippen molar-refractivity contribution in [2.75, 3.05) is 5.75 Å². The third-order valence-corrected chi connectivity index (χ3v) is 4.19. The van der Waals surface area contributed by atoms with Crippen molar-refractivity contribution < 1.29 is 14.1 Å². The maximum absolute atomic E-state index is 12.1. The quantitative estimate of drug-likeness (QED) is 0.276. The first-order valence-electron chi connectivity index (χ1n) is 7.38. The number of nitro groups is 1. The van der Waals surface area contributed by atoms with Gasteiger partial charge in [0.1, 0.15) is 0 Å². The third-order valence-electron chi connectivity index (χ3n) is 3.37. The second-order valence-electron chi connectivity index (χ2n) is 5.14.